The molecule has 3 nitrogen and oxygen atoms in total. The Balaban J connectivity index is 4.38. The molecule has 0 saturated heterocycles. The highest BCUT2D eigenvalue weighted by Crippen LogP contribution is 2.15. The highest BCUT2D eigenvalue weighted by Gasteiger charge is 2.20. The van der Waals surface area contributed by atoms with Crippen LogP contribution in [-0.2, 0) is 4.74 Å². The zero-order valence-electron chi connectivity index (χ0n) is 7.09. The quantitative estimate of drug-likeness (QED) is 0.492. The first-order valence-corrected chi connectivity index (χ1v) is 3.47. The lowest BCUT2D eigenvalue weighted by Gasteiger charge is -2.20. The monoisotopic (exact) mass is 155 g/mol. The Morgan fingerprint density at radius 2 is 2.27 bits per heavy atom. The standard InChI is InChI=1S/C8H13NO2/c1-4-11-7(5-6-9)8(2,3)10/h5,10H,4H2,1-3H3/b7-5-. The van der Waals surface area contributed by atoms with Crippen molar-refractivity contribution in [3.8, 4) is 6.07 Å². The van der Waals surface area contributed by atoms with Crippen LogP contribution in [0.5, 0.6) is 0 Å². The van der Waals surface area contributed by atoms with Gasteiger partial charge in [-0.05, 0) is 20.8 Å². The Kier molecular flexibility index (Phi) is 3.63. The molecule has 0 rings (SSSR count). The number of rotatable bonds is 3. The SMILES string of the molecule is CCO/C(=C\C#N)C(C)(C)O. The fraction of sp³-hybridized carbons (Fsp3) is 0.625. The van der Waals surface area contributed by atoms with E-state index in [0.29, 0.717) is 12.4 Å². The second kappa shape index (κ2) is 3.99. The van der Waals surface area contributed by atoms with Crippen LogP contribution in [0.2, 0.25) is 0 Å². The molecule has 0 aromatic heterocycles. The Hall–Kier alpha value is -1.01. The highest BCUT2D eigenvalue weighted by molar-refractivity contribution is 5.15. The van der Waals surface area contributed by atoms with Gasteiger partial charge in [0.15, 0.2) is 0 Å². The van der Waals surface area contributed by atoms with Gasteiger partial charge in [-0.1, -0.05) is 0 Å². The molecule has 0 amide bonds. The van der Waals surface area contributed by atoms with Crippen LogP contribution in [0.25, 0.3) is 0 Å². The van der Waals surface area contributed by atoms with Gasteiger partial charge in [0.2, 0.25) is 0 Å². The zero-order chi connectivity index (χ0) is 8.91. The molecule has 0 heterocycles. The Labute approximate surface area is 66.9 Å². The van der Waals surface area contributed by atoms with Crippen LogP contribution in [0.4, 0.5) is 0 Å². The van der Waals surface area contributed by atoms with Crippen molar-refractivity contribution in [2.75, 3.05) is 6.61 Å². The molecule has 0 fully saturated rings. The van der Waals surface area contributed by atoms with Crippen LogP contribution in [0.3, 0.4) is 0 Å². The smallest absolute Gasteiger partial charge is 0.137 e. The summed E-state index contributed by atoms with van der Waals surface area (Å²) in [5.41, 5.74) is -1.06. The molecule has 0 aromatic carbocycles. The number of allylic oxidation sites excluding steroid dienone is 1. The predicted molar refractivity (Wildman–Crippen MR) is 41.6 cm³/mol. The lowest BCUT2D eigenvalue weighted by molar-refractivity contribution is 0.0427. The average molecular weight is 155 g/mol. The van der Waals surface area contributed by atoms with E-state index in [9.17, 15) is 5.11 Å². The van der Waals surface area contributed by atoms with Gasteiger partial charge in [0.05, 0.1) is 18.8 Å². The van der Waals surface area contributed by atoms with Gasteiger partial charge in [-0.2, -0.15) is 5.26 Å². The first-order chi connectivity index (χ1) is 5.02. The predicted octanol–water partition coefficient (Wildman–Crippen LogP) is 1.20. The van der Waals surface area contributed by atoms with Crippen molar-refractivity contribution >= 4 is 0 Å². The van der Waals surface area contributed by atoms with Crippen LogP contribution in [0, 0.1) is 11.3 Å². The van der Waals surface area contributed by atoms with E-state index in [1.807, 2.05) is 6.07 Å². The van der Waals surface area contributed by atoms with E-state index in [4.69, 9.17) is 10.00 Å². The van der Waals surface area contributed by atoms with Crippen molar-refractivity contribution in [1.29, 1.82) is 5.26 Å². The van der Waals surface area contributed by atoms with Crippen LogP contribution in [0.1, 0.15) is 20.8 Å². The summed E-state index contributed by atoms with van der Waals surface area (Å²) in [6.07, 6.45) is 1.21. The molecular formula is C8H13NO2. The Morgan fingerprint density at radius 3 is 2.55 bits per heavy atom. The molecule has 62 valence electrons. The maximum atomic E-state index is 9.40. The van der Waals surface area contributed by atoms with Crippen molar-refractivity contribution in [3.05, 3.63) is 11.8 Å². The summed E-state index contributed by atoms with van der Waals surface area (Å²) in [6, 6.07) is 1.81. The molecule has 0 radical (unpaired) electrons. The third-order valence-electron chi connectivity index (χ3n) is 1.10. The van der Waals surface area contributed by atoms with Crippen molar-refractivity contribution in [2.24, 2.45) is 0 Å². The van der Waals surface area contributed by atoms with E-state index in [0.717, 1.165) is 0 Å². The number of hydrogen-bond acceptors (Lipinski definition) is 3. The minimum absolute atomic E-state index is 0.308. The fourth-order valence-corrected chi connectivity index (χ4v) is 0.609. The lowest BCUT2D eigenvalue weighted by atomic mass is 10.1. The summed E-state index contributed by atoms with van der Waals surface area (Å²) < 4.78 is 5.04. The third kappa shape index (κ3) is 3.64. The van der Waals surface area contributed by atoms with Gasteiger partial charge in [0.1, 0.15) is 11.4 Å². The maximum absolute atomic E-state index is 9.40. The van der Waals surface area contributed by atoms with Gasteiger partial charge in [-0.15, -0.1) is 0 Å². The van der Waals surface area contributed by atoms with Crippen molar-refractivity contribution < 1.29 is 9.84 Å². The van der Waals surface area contributed by atoms with E-state index in [1.54, 1.807) is 20.8 Å². The number of nitrogens with zero attached hydrogens (tertiary/aromatic N) is 1. The molecule has 0 saturated carbocycles. The van der Waals surface area contributed by atoms with Crippen LogP contribution < -0.4 is 0 Å². The van der Waals surface area contributed by atoms with E-state index < -0.39 is 5.60 Å². The van der Waals surface area contributed by atoms with E-state index >= 15 is 0 Å². The number of ether oxygens (including phenoxy) is 1. The Morgan fingerprint density at radius 1 is 1.73 bits per heavy atom. The van der Waals surface area contributed by atoms with E-state index in [-0.39, 0.29) is 0 Å². The molecule has 3 heteroatoms. The third-order valence-corrected chi connectivity index (χ3v) is 1.10. The van der Waals surface area contributed by atoms with Gasteiger partial charge < -0.3 is 9.84 Å². The summed E-state index contributed by atoms with van der Waals surface area (Å²) in [4.78, 5) is 0. The first-order valence-electron chi connectivity index (χ1n) is 3.47. The molecule has 11 heavy (non-hydrogen) atoms. The van der Waals surface area contributed by atoms with Crippen LogP contribution >= 0.6 is 0 Å². The molecular weight excluding hydrogens is 142 g/mol. The molecule has 0 aliphatic carbocycles. The molecule has 0 aromatic rings. The van der Waals surface area contributed by atoms with Crippen molar-refractivity contribution in [1.82, 2.24) is 0 Å². The minimum Gasteiger partial charge on any atom is -0.494 e. The summed E-state index contributed by atoms with van der Waals surface area (Å²) in [5, 5.41) is 17.7. The van der Waals surface area contributed by atoms with Gasteiger partial charge >= 0.3 is 0 Å². The van der Waals surface area contributed by atoms with Gasteiger partial charge in [-0.25, -0.2) is 0 Å². The van der Waals surface area contributed by atoms with E-state index in [1.165, 1.54) is 6.08 Å². The number of aliphatic hydroxyl groups is 1. The highest BCUT2D eigenvalue weighted by atomic mass is 16.5. The molecule has 0 aliphatic heterocycles. The molecule has 1 N–H and O–H groups in total. The second-order valence-electron chi connectivity index (χ2n) is 2.63. The summed E-state index contributed by atoms with van der Waals surface area (Å²) in [7, 11) is 0. The lowest BCUT2D eigenvalue weighted by Crippen LogP contribution is -2.23. The summed E-state index contributed by atoms with van der Waals surface area (Å²) in [5.74, 6) is 0.308. The van der Waals surface area contributed by atoms with E-state index in [2.05, 4.69) is 0 Å². The van der Waals surface area contributed by atoms with Gasteiger partial charge in [0, 0.05) is 0 Å². The van der Waals surface area contributed by atoms with Crippen LogP contribution in [-0.4, -0.2) is 17.3 Å². The van der Waals surface area contributed by atoms with Gasteiger partial charge in [0.25, 0.3) is 0 Å². The molecule has 0 spiro atoms. The summed E-state index contributed by atoms with van der Waals surface area (Å²) >= 11 is 0. The minimum atomic E-state index is -1.06. The first kappa shape index (κ1) is 9.99. The molecule has 0 aliphatic rings. The normalized spacial score (nSPS) is 12.5. The number of nitriles is 1. The summed E-state index contributed by atoms with van der Waals surface area (Å²) in [6.45, 7) is 5.41. The largest absolute Gasteiger partial charge is 0.494 e. The zero-order valence-corrected chi connectivity index (χ0v) is 7.09. The van der Waals surface area contributed by atoms with Crippen molar-refractivity contribution in [2.45, 2.75) is 26.4 Å². The fourth-order valence-electron chi connectivity index (χ4n) is 0.609. The average Bonchev–Trinajstić information content (AvgIpc) is 1.85. The van der Waals surface area contributed by atoms with Crippen LogP contribution in [0.15, 0.2) is 11.8 Å². The molecule has 0 bridgehead atoms. The topological polar surface area (TPSA) is 53.2 Å². The molecule has 0 atom stereocenters. The van der Waals surface area contributed by atoms with Gasteiger partial charge in [-0.3, -0.25) is 0 Å². The maximum Gasteiger partial charge on any atom is 0.137 e. The number of hydrogen-bond donors (Lipinski definition) is 1. The Bertz CT molecular complexity index is 183. The molecule has 0 unspecified atom stereocenters. The van der Waals surface area contributed by atoms with Crippen molar-refractivity contribution in [3.63, 3.8) is 0 Å². The second-order valence-corrected chi connectivity index (χ2v) is 2.63.